The summed E-state index contributed by atoms with van der Waals surface area (Å²) in [7, 11) is 3.82. The van der Waals surface area contributed by atoms with Crippen molar-refractivity contribution in [1.82, 2.24) is 9.80 Å². The third kappa shape index (κ3) is 6.49. The Morgan fingerprint density at radius 2 is 1.69 bits per heavy atom. The van der Waals surface area contributed by atoms with Crippen LogP contribution in [0.1, 0.15) is 36.6 Å². The molecule has 1 heterocycles. The van der Waals surface area contributed by atoms with Crippen LogP contribution < -0.4 is 9.47 Å². The maximum absolute atomic E-state index is 13.4. The molecule has 0 aromatic heterocycles. The van der Waals surface area contributed by atoms with E-state index in [1.165, 1.54) is 4.90 Å². The Hall–Kier alpha value is -4.10. The fourth-order valence-corrected chi connectivity index (χ4v) is 4.51. The summed E-state index contributed by atoms with van der Waals surface area (Å²) in [5, 5.41) is 11.5. The van der Waals surface area contributed by atoms with Crippen molar-refractivity contribution in [3.8, 4) is 17.2 Å². The molecule has 0 unspecified atom stereocenters. The zero-order valence-corrected chi connectivity index (χ0v) is 23.2. The first-order valence-electron chi connectivity index (χ1n) is 13.2. The highest BCUT2D eigenvalue weighted by molar-refractivity contribution is 6.46. The van der Waals surface area contributed by atoms with Crippen molar-refractivity contribution in [1.29, 1.82) is 0 Å². The quantitative estimate of drug-likeness (QED) is 0.203. The minimum absolute atomic E-state index is 0.0610. The van der Waals surface area contributed by atoms with Crippen LogP contribution in [0.2, 0.25) is 0 Å². The maximum atomic E-state index is 13.4. The summed E-state index contributed by atoms with van der Waals surface area (Å²) in [5.74, 6) is 0.783. The molecular weight excluding hydrogens is 492 g/mol. The van der Waals surface area contributed by atoms with E-state index in [0.717, 1.165) is 5.56 Å². The summed E-state index contributed by atoms with van der Waals surface area (Å²) in [6, 6.07) is 21.2. The van der Waals surface area contributed by atoms with Crippen LogP contribution >= 0.6 is 0 Å². The number of hydrogen-bond donors (Lipinski definition) is 1. The van der Waals surface area contributed by atoms with E-state index in [1.54, 1.807) is 18.2 Å². The normalized spacial score (nSPS) is 16.8. The van der Waals surface area contributed by atoms with E-state index >= 15 is 0 Å². The maximum Gasteiger partial charge on any atom is 0.295 e. The number of ketones is 1. The smallest absolute Gasteiger partial charge is 0.295 e. The van der Waals surface area contributed by atoms with Gasteiger partial charge in [-0.05, 0) is 80.5 Å². The molecule has 7 heteroatoms. The molecule has 1 aliphatic rings. The second-order valence-electron chi connectivity index (χ2n) is 10.5. The number of nitrogens with zero attached hydrogens (tertiary/aromatic N) is 2. The molecule has 1 atom stereocenters. The van der Waals surface area contributed by atoms with Gasteiger partial charge in [-0.25, -0.2) is 0 Å². The molecule has 1 N–H and O–H groups in total. The molecule has 1 aliphatic heterocycles. The molecule has 0 spiro atoms. The van der Waals surface area contributed by atoms with Gasteiger partial charge in [-0.1, -0.05) is 44.2 Å². The number of para-hydroxylation sites is 1. The van der Waals surface area contributed by atoms with E-state index in [9.17, 15) is 14.7 Å². The van der Waals surface area contributed by atoms with Gasteiger partial charge in [0, 0.05) is 18.7 Å². The Balaban J connectivity index is 1.76. The number of likely N-dealkylation sites (tertiary alicyclic amines) is 1. The zero-order valence-electron chi connectivity index (χ0n) is 23.2. The van der Waals surface area contributed by atoms with Gasteiger partial charge in [0.15, 0.2) is 0 Å². The molecule has 1 fully saturated rings. The number of carbonyl (C=O) groups is 2. The van der Waals surface area contributed by atoms with Crippen LogP contribution in [0.25, 0.3) is 5.76 Å². The van der Waals surface area contributed by atoms with Crippen molar-refractivity contribution in [2.45, 2.75) is 26.8 Å². The average Bonchev–Trinajstić information content (AvgIpc) is 3.16. The summed E-state index contributed by atoms with van der Waals surface area (Å²) in [4.78, 5) is 30.1. The number of amides is 1. The van der Waals surface area contributed by atoms with Gasteiger partial charge in [0.2, 0.25) is 0 Å². The van der Waals surface area contributed by atoms with Gasteiger partial charge in [-0.2, -0.15) is 0 Å². The fourth-order valence-electron chi connectivity index (χ4n) is 4.51. The van der Waals surface area contributed by atoms with E-state index in [-0.39, 0.29) is 11.3 Å². The van der Waals surface area contributed by atoms with E-state index < -0.39 is 17.7 Å². The van der Waals surface area contributed by atoms with Crippen LogP contribution in [0.4, 0.5) is 0 Å². The van der Waals surface area contributed by atoms with Gasteiger partial charge in [-0.3, -0.25) is 9.59 Å². The Labute approximate surface area is 230 Å². The fraction of sp³-hybridized carbons (Fsp3) is 0.312. The average molecular weight is 529 g/mol. The highest BCUT2D eigenvalue weighted by Crippen LogP contribution is 2.41. The first-order valence-corrected chi connectivity index (χ1v) is 13.2. The Kier molecular flexibility index (Phi) is 8.72. The van der Waals surface area contributed by atoms with Gasteiger partial charge >= 0.3 is 0 Å². The number of ether oxygens (including phenoxy) is 2. The zero-order chi connectivity index (χ0) is 28.1. The van der Waals surface area contributed by atoms with Crippen LogP contribution in [-0.4, -0.2) is 60.4 Å². The first-order chi connectivity index (χ1) is 18.7. The van der Waals surface area contributed by atoms with Crippen molar-refractivity contribution < 1.29 is 24.2 Å². The molecule has 4 rings (SSSR count). The van der Waals surface area contributed by atoms with Crippen LogP contribution in [-0.2, 0) is 9.59 Å². The number of aliphatic hydroxyl groups is 1. The molecule has 7 nitrogen and oxygen atoms in total. The van der Waals surface area contributed by atoms with Gasteiger partial charge in [0.1, 0.15) is 23.0 Å². The highest BCUT2D eigenvalue weighted by atomic mass is 16.5. The monoisotopic (exact) mass is 528 g/mol. The summed E-state index contributed by atoms with van der Waals surface area (Å²) >= 11 is 0. The van der Waals surface area contributed by atoms with Crippen LogP contribution in [0.5, 0.6) is 17.2 Å². The second-order valence-corrected chi connectivity index (χ2v) is 10.5. The van der Waals surface area contributed by atoms with Gasteiger partial charge < -0.3 is 24.4 Å². The molecule has 1 amide bonds. The second kappa shape index (κ2) is 12.2. The standard InChI is InChI=1S/C32H36N2O5/c1-21(2)20-38-27-15-14-24(18-22(27)3)30(35)28-29(34(17-16-33(4)5)32(37)31(28)36)23-10-9-13-26(19-23)39-25-11-7-6-8-12-25/h6-15,18-19,21,29,35H,16-17,20H2,1-5H3/t29-/m0/s1. The van der Waals surface area contributed by atoms with Crippen LogP contribution in [0, 0.1) is 12.8 Å². The number of aryl methyl sites for hydroxylation is 1. The Morgan fingerprint density at radius 3 is 2.36 bits per heavy atom. The Bertz CT molecular complexity index is 1360. The van der Waals surface area contributed by atoms with Crippen LogP contribution in [0.3, 0.4) is 0 Å². The lowest BCUT2D eigenvalue weighted by atomic mass is 9.94. The molecule has 0 saturated carbocycles. The van der Waals surface area contributed by atoms with E-state index in [1.807, 2.05) is 80.5 Å². The molecule has 0 aliphatic carbocycles. The van der Waals surface area contributed by atoms with Crippen molar-refractivity contribution in [2.24, 2.45) is 5.92 Å². The third-order valence-electron chi connectivity index (χ3n) is 6.50. The lowest BCUT2D eigenvalue weighted by Crippen LogP contribution is -2.35. The summed E-state index contributed by atoms with van der Waals surface area (Å²) in [6.45, 7) is 7.50. The largest absolute Gasteiger partial charge is 0.507 e. The predicted octanol–water partition coefficient (Wildman–Crippen LogP) is 5.81. The number of carbonyl (C=O) groups excluding carboxylic acids is 2. The molecule has 3 aromatic carbocycles. The molecular formula is C32H36N2O5. The molecule has 0 radical (unpaired) electrons. The SMILES string of the molecule is Cc1cc(C(O)=C2C(=O)C(=O)N(CCN(C)C)[C@H]2c2cccc(Oc3ccccc3)c2)ccc1OCC(C)C. The molecule has 39 heavy (non-hydrogen) atoms. The van der Waals surface area contributed by atoms with Crippen molar-refractivity contribution in [2.75, 3.05) is 33.8 Å². The number of rotatable bonds is 10. The first kappa shape index (κ1) is 27.9. The highest BCUT2D eigenvalue weighted by Gasteiger charge is 2.46. The van der Waals surface area contributed by atoms with Gasteiger partial charge in [0.25, 0.3) is 11.7 Å². The van der Waals surface area contributed by atoms with Gasteiger partial charge in [0.05, 0.1) is 18.2 Å². The predicted molar refractivity (Wildman–Crippen MR) is 152 cm³/mol. The third-order valence-corrected chi connectivity index (χ3v) is 6.50. The van der Waals surface area contributed by atoms with E-state index in [2.05, 4.69) is 13.8 Å². The molecule has 3 aromatic rings. The molecule has 204 valence electrons. The van der Waals surface area contributed by atoms with Crippen molar-refractivity contribution in [3.63, 3.8) is 0 Å². The van der Waals surface area contributed by atoms with Crippen molar-refractivity contribution >= 4 is 17.4 Å². The minimum Gasteiger partial charge on any atom is -0.507 e. The summed E-state index contributed by atoms with van der Waals surface area (Å²) in [6.07, 6.45) is 0. The number of likely N-dealkylation sites (N-methyl/N-ethyl adjacent to an activating group) is 1. The topological polar surface area (TPSA) is 79.3 Å². The number of aliphatic hydroxyl groups excluding tert-OH is 1. The summed E-state index contributed by atoms with van der Waals surface area (Å²) in [5.41, 5.74) is 2.02. The lowest BCUT2D eigenvalue weighted by molar-refractivity contribution is -0.140. The number of hydrogen-bond acceptors (Lipinski definition) is 6. The van der Waals surface area contributed by atoms with Crippen molar-refractivity contribution in [3.05, 3.63) is 95.1 Å². The van der Waals surface area contributed by atoms with E-state index in [4.69, 9.17) is 9.47 Å². The molecule has 1 saturated heterocycles. The number of benzene rings is 3. The number of Topliss-reactive ketones (excluding diaryl/α,β-unsaturated/α-hetero) is 1. The minimum atomic E-state index is -0.763. The van der Waals surface area contributed by atoms with Gasteiger partial charge in [-0.15, -0.1) is 0 Å². The Morgan fingerprint density at radius 1 is 0.974 bits per heavy atom. The summed E-state index contributed by atoms with van der Waals surface area (Å²) < 4.78 is 11.9. The van der Waals surface area contributed by atoms with Crippen LogP contribution in [0.15, 0.2) is 78.4 Å². The van der Waals surface area contributed by atoms with E-state index in [0.29, 0.717) is 54.0 Å². The molecule has 0 bridgehead atoms. The lowest BCUT2D eigenvalue weighted by Gasteiger charge is -2.27.